The molecule has 0 heterocycles. The molecule has 8 heteroatoms. The van der Waals surface area contributed by atoms with Crippen molar-refractivity contribution in [2.75, 3.05) is 7.11 Å². The first-order valence-corrected chi connectivity index (χ1v) is 14.7. The third-order valence-corrected chi connectivity index (χ3v) is 6.97. The number of methoxy groups -OCH3 is 1. The van der Waals surface area contributed by atoms with Crippen molar-refractivity contribution in [3.63, 3.8) is 0 Å². The van der Waals surface area contributed by atoms with Crippen molar-refractivity contribution >= 4 is 29.6 Å². The highest BCUT2D eigenvalue weighted by atomic mass is 35.5. The molecule has 0 aliphatic carbocycles. The van der Waals surface area contributed by atoms with E-state index in [1.807, 2.05) is 42.5 Å². The Labute approximate surface area is 272 Å². The van der Waals surface area contributed by atoms with E-state index in [9.17, 15) is 9.59 Å². The summed E-state index contributed by atoms with van der Waals surface area (Å²) in [6.07, 6.45) is 2.86. The molecule has 7 nitrogen and oxygen atoms in total. The number of hydrogen-bond acceptors (Lipinski definition) is 7. The van der Waals surface area contributed by atoms with E-state index < -0.39 is 17.5 Å². The summed E-state index contributed by atoms with van der Waals surface area (Å²) in [6.45, 7) is 3.20. The molecule has 0 aliphatic heterocycles. The van der Waals surface area contributed by atoms with E-state index in [0.717, 1.165) is 11.1 Å². The molecule has 232 valence electrons. The quantitative estimate of drug-likeness (QED) is 0.0814. The number of carbonyl (C=O) groups is 2. The van der Waals surface area contributed by atoms with E-state index in [1.54, 1.807) is 86.7 Å². The lowest BCUT2D eigenvalue weighted by atomic mass is 10.1. The Balaban J connectivity index is 1.14. The van der Waals surface area contributed by atoms with Crippen LogP contribution in [-0.4, -0.2) is 24.6 Å². The Hall–Kier alpha value is -5.53. The monoisotopic (exact) mass is 634 g/mol. The van der Waals surface area contributed by atoms with Gasteiger partial charge in [-0.25, -0.2) is 9.59 Å². The van der Waals surface area contributed by atoms with Crippen LogP contribution in [0.25, 0.3) is 17.2 Å². The molecule has 0 aromatic heterocycles. The van der Waals surface area contributed by atoms with Crippen molar-refractivity contribution in [2.45, 2.75) is 19.4 Å². The first-order valence-electron chi connectivity index (χ1n) is 14.4. The van der Waals surface area contributed by atoms with Gasteiger partial charge in [0.15, 0.2) is 11.5 Å². The summed E-state index contributed by atoms with van der Waals surface area (Å²) in [7, 11) is 1.46. The van der Waals surface area contributed by atoms with Gasteiger partial charge in [0, 0.05) is 11.1 Å². The molecule has 0 amide bonds. The van der Waals surface area contributed by atoms with Crippen LogP contribution in [0.3, 0.4) is 0 Å². The Morgan fingerprint density at radius 1 is 0.652 bits per heavy atom. The molecule has 46 heavy (non-hydrogen) atoms. The minimum atomic E-state index is -1.29. The summed E-state index contributed by atoms with van der Waals surface area (Å²) in [5.74, 6) is 1.45. The van der Waals surface area contributed by atoms with Gasteiger partial charge >= 0.3 is 11.9 Å². The van der Waals surface area contributed by atoms with Crippen molar-refractivity contribution in [3.05, 3.63) is 138 Å². The van der Waals surface area contributed by atoms with Crippen molar-refractivity contribution in [1.82, 2.24) is 0 Å². The summed E-state index contributed by atoms with van der Waals surface area (Å²) >= 11 is 5.92. The molecule has 0 saturated carbocycles. The maximum Gasteiger partial charge on any atom is 0.355 e. The molecule has 0 spiro atoms. The molecule has 0 bridgehead atoms. The van der Waals surface area contributed by atoms with Crippen LogP contribution in [0.15, 0.2) is 127 Å². The van der Waals surface area contributed by atoms with Crippen LogP contribution in [0.5, 0.6) is 34.5 Å². The van der Waals surface area contributed by atoms with Crippen LogP contribution >= 0.6 is 11.6 Å². The lowest BCUT2D eigenvalue weighted by Gasteiger charge is -2.24. The average Bonchev–Trinajstić information content (AvgIpc) is 3.07. The second-order valence-electron chi connectivity index (χ2n) is 10.6. The van der Waals surface area contributed by atoms with Gasteiger partial charge in [0.25, 0.3) is 0 Å². The van der Waals surface area contributed by atoms with Crippen LogP contribution in [0.1, 0.15) is 19.4 Å². The zero-order valence-electron chi connectivity index (χ0n) is 25.4. The summed E-state index contributed by atoms with van der Waals surface area (Å²) in [4.78, 5) is 25.4. The van der Waals surface area contributed by atoms with Crippen molar-refractivity contribution in [1.29, 1.82) is 0 Å². The van der Waals surface area contributed by atoms with Gasteiger partial charge in [-0.2, -0.15) is 0 Å². The first-order chi connectivity index (χ1) is 22.2. The molecule has 0 radical (unpaired) electrons. The highest BCUT2D eigenvalue weighted by Crippen LogP contribution is 2.31. The van der Waals surface area contributed by atoms with Crippen LogP contribution in [0.4, 0.5) is 0 Å². The Morgan fingerprint density at radius 3 is 1.89 bits per heavy atom. The number of carbonyl (C=O) groups excluding carboxylic acids is 2. The standard InChI is InChI=1S/C38H31ClO7/c1-38(2,46-33-17-13-29(39)14-18-33)37(41)45-34-23-9-26(25-35(34)42-3)10-24-36(40)44-32-21-19-31(20-22-32)43-30-15-11-28(12-16-30)27-7-5-4-6-8-27/h4-25H,1-3H3. The van der Waals surface area contributed by atoms with Gasteiger partial charge in [-0.15, -0.1) is 0 Å². The Bertz CT molecular complexity index is 1810. The number of benzene rings is 5. The van der Waals surface area contributed by atoms with Gasteiger partial charge in [0.05, 0.1) is 7.11 Å². The normalized spacial score (nSPS) is 11.1. The molecule has 0 N–H and O–H groups in total. The fourth-order valence-corrected chi connectivity index (χ4v) is 4.43. The second-order valence-corrected chi connectivity index (χ2v) is 11.0. The second kappa shape index (κ2) is 14.5. The summed E-state index contributed by atoms with van der Waals surface area (Å²) in [5.41, 5.74) is 1.57. The van der Waals surface area contributed by atoms with Gasteiger partial charge in [0.2, 0.25) is 5.60 Å². The van der Waals surface area contributed by atoms with E-state index in [4.69, 9.17) is 35.3 Å². The molecular formula is C38H31ClO7. The molecule has 0 saturated heterocycles. The van der Waals surface area contributed by atoms with Gasteiger partial charge in [-0.1, -0.05) is 60.1 Å². The lowest BCUT2D eigenvalue weighted by molar-refractivity contribution is -0.149. The summed E-state index contributed by atoms with van der Waals surface area (Å²) in [5, 5.41) is 0.557. The largest absolute Gasteiger partial charge is 0.493 e. The summed E-state index contributed by atoms with van der Waals surface area (Å²) in [6, 6.07) is 36.3. The highest BCUT2D eigenvalue weighted by Gasteiger charge is 2.33. The molecule has 0 unspecified atom stereocenters. The topological polar surface area (TPSA) is 80.3 Å². The van der Waals surface area contributed by atoms with Crippen molar-refractivity contribution in [3.8, 4) is 45.6 Å². The smallest absolute Gasteiger partial charge is 0.355 e. The zero-order chi connectivity index (χ0) is 32.5. The first kappa shape index (κ1) is 31.9. The number of halogens is 1. The molecule has 5 aromatic rings. The SMILES string of the molecule is COc1cc(C=CC(=O)Oc2ccc(Oc3ccc(-c4ccccc4)cc3)cc2)ccc1OC(=O)C(C)(C)Oc1ccc(Cl)cc1. The predicted molar refractivity (Wildman–Crippen MR) is 178 cm³/mol. The highest BCUT2D eigenvalue weighted by molar-refractivity contribution is 6.30. The van der Waals surface area contributed by atoms with Crippen molar-refractivity contribution in [2.24, 2.45) is 0 Å². The molecule has 0 aliphatic rings. The number of hydrogen-bond donors (Lipinski definition) is 0. The Kier molecular flexibility index (Phi) is 10.0. The molecule has 5 aromatic carbocycles. The van der Waals surface area contributed by atoms with Crippen LogP contribution < -0.4 is 23.7 Å². The van der Waals surface area contributed by atoms with Crippen LogP contribution in [-0.2, 0) is 9.59 Å². The average molecular weight is 635 g/mol. The van der Waals surface area contributed by atoms with E-state index in [0.29, 0.717) is 39.3 Å². The fourth-order valence-electron chi connectivity index (χ4n) is 4.31. The minimum absolute atomic E-state index is 0.203. The number of rotatable bonds is 11. The van der Waals surface area contributed by atoms with E-state index in [1.165, 1.54) is 13.2 Å². The fraction of sp³-hybridized carbons (Fsp3) is 0.105. The predicted octanol–water partition coefficient (Wildman–Crippen LogP) is 9.19. The Morgan fingerprint density at radius 2 is 1.24 bits per heavy atom. The third-order valence-electron chi connectivity index (χ3n) is 6.72. The molecule has 5 rings (SSSR count). The maximum absolute atomic E-state index is 12.9. The van der Waals surface area contributed by atoms with Crippen molar-refractivity contribution < 1.29 is 33.3 Å². The van der Waals surface area contributed by atoms with E-state index >= 15 is 0 Å². The van der Waals surface area contributed by atoms with E-state index in [2.05, 4.69) is 12.1 Å². The number of ether oxygens (including phenoxy) is 5. The molecular weight excluding hydrogens is 604 g/mol. The lowest BCUT2D eigenvalue weighted by Crippen LogP contribution is -2.41. The van der Waals surface area contributed by atoms with Gasteiger partial charge in [-0.05, 0) is 109 Å². The minimum Gasteiger partial charge on any atom is -0.493 e. The van der Waals surface area contributed by atoms with E-state index in [-0.39, 0.29) is 5.75 Å². The maximum atomic E-state index is 12.9. The number of esters is 2. The van der Waals surface area contributed by atoms with Gasteiger partial charge < -0.3 is 23.7 Å². The van der Waals surface area contributed by atoms with Gasteiger partial charge in [0.1, 0.15) is 23.0 Å². The van der Waals surface area contributed by atoms with Crippen LogP contribution in [0, 0.1) is 0 Å². The summed E-state index contributed by atoms with van der Waals surface area (Å²) < 4.78 is 28.2. The van der Waals surface area contributed by atoms with Gasteiger partial charge in [-0.3, -0.25) is 0 Å². The third kappa shape index (κ3) is 8.55. The molecule has 0 atom stereocenters. The zero-order valence-corrected chi connectivity index (χ0v) is 26.2. The molecule has 0 fully saturated rings. The van der Waals surface area contributed by atoms with Crippen LogP contribution in [0.2, 0.25) is 5.02 Å².